The molecule has 4 heteroatoms. The summed E-state index contributed by atoms with van der Waals surface area (Å²) in [6, 6.07) is 18.0. The molecule has 2 N–H and O–H groups in total. The molecular weight excluding hydrogens is 388 g/mol. The summed E-state index contributed by atoms with van der Waals surface area (Å²) < 4.78 is 6.11. The fraction of sp³-hybridized carbons (Fsp3) is 0.296. The third kappa shape index (κ3) is 3.67. The summed E-state index contributed by atoms with van der Waals surface area (Å²) in [5.74, 6) is 1.56. The highest BCUT2D eigenvalue weighted by Gasteiger charge is 2.52. The van der Waals surface area contributed by atoms with Gasteiger partial charge in [-0.15, -0.1) is 0 Å². The molecule has 3 unspecified atom stereocenters. The lowest BCUT2D eigenvalue weighted by Crippen LogP contribution is -2.06. The molecule has 0 bridgehead atoms. The Bertz CT molecular complexity index is 1160. The summed E-state index contributed by atoms with van der Waals surface area (Å²) in [7, 11) is 0. The van der Waals surface area contributed by atoms with E-state index in [9.17, 15) is 15.0 Å². The van der Waals surface area contributed by atoms with Gasteiger partial charge in [-0.05, 0) is 107 Å². The lowest BCUT2D eigenvalue weighted by atomic mass is 9.93. The quantitative estimate of drug-likeness (QED) is 0.525. The SMILES string of the molecule is Cc1cc(O)cc(C)c1-c1cccc(COc2ccc3c(c2)C2CC2C3CC(=O)O)c1. The van der Waals surface area contributed by atoms with E-state index in [-0.39, 0.29) is 12.3 Å². The second kappa shape index (κ2) is 7.45. The first-order valence-corrected chi connectivity index (χ1v) is 10.8. The van der Waals surface area contributed by atoms with Crippen LogP contribution < -0.4 is 4.74 Å². The minimum absolute atomic E-state index is 0.153. The highest BCUT2D eigenvalue weighted by atomic mass is 16.5. The smallest absolute Gasteiger partial charge is 0.303 e. The van der Waals surface area contributed by atoms with Crippen molar-refractivity contribution in [2.24, 2.45) is 5.92 Å². The summed E-state index contributed by atoms with van der Waals surface area (Å²) in [6.07, 6.45) is 1.32. The van der Waals surface area contributed by atoms with E-state index in [1.165, 1.54) is 11.1 Å². The van der Waals surface area contributed by atoms with Crippen LogP contribution in [0.25, 0.3) is 11.1 Å². The molecule has 0 aromatic heterocycles. The molecule has 31 heavy (non-hydrogen) atoms. The average molecular weight is 415 g/mol. The molecule has 3 atom stereocenters. The van der Waals surface area contributed by atoms with E-state index < -0.39 is 5.97 Å². The number of carboxylic acid groups (broad SMARTS) is 1. The van der Waals surface area contributed by atoms with Crippen LogP contribution in [0.3, 0.4) is 0 Å². The van der Waals surface area contributed by atoms with Crippen LogP contribution in [0.4, 0.5) is 0 Å². The lowest BCUT2D eigenvalue weighted by Gasteiger charge is -2.15. The van der Waals surface area contributed by atoms with Gasteiger partial charge in [0.2, 0.25) is 0 Å². The molecule has 4 nitrogen and oxygen atoms in total. The van der Waals surface area contributed by atoms with Crippen molar-refractivity contribution in [2.45, 2.75) is 45.1 Å². The normalized spacial score (nSPS) is 20.8. The van der Waals surface area contributed by atoms with Gasteiger partial charge < -0.3 is 14.9 Å². The second-order valence-corrected chi connectivity index (χ2v) is 8.94. The highest BCUT2D eigenvalue weighted by molar-refractivity contribution is 5.72. The van der Waals surface area contributed by atoms with E-state index in [1.807, 2.05) is 26.0 Å². The van der Waals surface area contributed by atoms with Crippen LogP contribution >= 0.6 is 0 Å². The van der Waals surface area contributed by atoms with Crippen LogP contribution in [0.15, 0.2) is 54.6 Å². The van der Waals surface area contributed by atoms with Crippen LogP contribution in [-0.4, -0.2) is 16.2 Å². The van der Waals surface area contributed by atoms with Gasteiger partial charge in [0.25, 0.3) is 0 Å². The first-order chi connectivity index (χ1) is 14.9. The van der Waals surface area contributed by atoms with Gasteiger partial charge in [0, 0.05) is 0 Å². The van der Waals surface area contributed by atoms with Crippen LogP contribution in [0.5, 0.6) is 11.5 Å². The maximum Gasteiger partial charge on any atom is 0.303 e. The van der Waals surface area contributed by atoms with Crippen molar-refractivity contribution < 1.29 is 19.7 Å². The minimum Gasteiger partial charge on any atom is -0.508 e. The van der Waals surface area contributed by atoms with E-state index in [0.717, 1.165) is 40.0 Å². The number of benzene rings is 3. The number of phenolic OH excluding ortho intramolecular Hbond substituents is 1. The van der Waals surface area contributed by atoms with Crippen molar-refractivity contribution in [3.05, 3.63) is 82.4 Å². The molecule has 5 rings (SSSR count). The molecule has 0 heterocycles. The Morgan fingerprint density at radius 1 is 1.03 bits per heavy atom. The van der Waals surface area contributed by atoms with Crippen LogP contribution in [0.2, 0.25) is 0 Å². The number of aryl methyl sites for hydroxylation is 2. The van der Waals surface area contributed by atoms with Gasteiger partial charge in [-0.2, -0.15) is 0 Å². The minimum atomic E-state index is -0.720. The molecule has 0 aliphatic heterocycles. The number of fused-ring (bicyclic) bond motifs is 3. The van der Waals surface area contributed by atoms with Gasteiger partial charge in [0.1, 0.15) is 18.1 Å². The van der Waals surface area contributed by atoms with E-state index in [1.54, 1.807) is 12.1 Å². The molecule has 2 aliphatic carbocycles. The zero-order valence-electron chi connectivity index (χ0n) is 17.8. The first kappa shape index (κ1) is 19.7. The Hall–Kier alpha value is -3.27. The molecule has 0 spiro atoms. The fourth-order valence-corrected chi connectivity index (χ4v) is 5.38. The third-order valence-corrected chi connectivity index (χ3v) is 6.75. The Balaban J connectivity index is 1.34. The summed E-state index contributed by atoms with van der Waals surface area (Å²) in [5.41, 5.74) is 7.89. The van der Waals surface area contributed by atoms with E-state index in [2.05, 4.69) is 30.3 Å². The van der Waals surface area contributed by atoms with Crippen molar-refractivity contribution in [3.8, 4) is 22.6 Å². The Morgan fingerprint density at radius 2 is 1.81 bits per heavy atom. The number of hydrogen-bond acceptors (Lipinski definition) is 3. The van der Waals surface area contributed by atoms with Gasteiger partial charge in [0.15, 0.2) is 0 Å². The zero-order valence-corrected chi connectivity index (χ0v) is 17.8. The standard InChI is InChI=1S/C27H26O4/c1-15-8-19(28)9-16(2)27(15)18-5-3-4-17(10-18)14-31-20-6-7-21-22(11-20)23-12-24(23)25(21)13-26(29)30/h3-11,23-25,28H,12-14H2,1-2H3,(H,29,30). The molecular formula is C27H26O4. The molecule has 3 aromatic carbocycles. The molecule has 0 saturated heterocycles. The fourth-order valence-electron chi connectivity index (χ4n) is 5.38. The molecule has 2 aliphatic rings. The Labute approximate surface area is 182 Å². The highest BCUT2D eigenvalue weighted by Crippen LogP contribution is 2.64. The largest absolute Gasteiger partial charge is 0.508 e. The lowest BCUT2D eigenvalue weighted by molar-refractivity contribution is -0.137. The summed E-state index contributed by atoms with van der Waals surface area (Å²) >= 11 is 0. The van der Waals surface area contributed by atoms with Crippen molar-refractivity contribution in [2.75, 3.05) is 0 Å². The zero-order chi connectivity index (χ0) is 21.7. The number of carbonyl (C=O) groups is 1. The number of hydrogen-bond donors (Lipinski definition) is 2. The van der Waals surface area contributed by atoms with Crippen LogP contribution in [0, 0.1) is 19.8 Å². The van der Waals surface area contributed by atoms with Crippen molar-refractivity contribution in [1.82, 2.24) is 0 Å². The maximum absolute atomic E-state index is 11.2. The molecule has 0 radical (unpaired) electrons. The summed E-state index contributed by atoms with van der Waals surface area (Å²) in [5, 5.41) is 19.0. The van der Waals surface area contributed by atoms with Gasteiger partial charge >= 0.3 is 5.97 Å². The predicted octanol–water partition coefficient (Wildman–Crippen LogP) is 5.93. The van der Waals surface area contributed by atoms with Crippen LogP contribution in [0.1, 0.15) is 52.5 Å². The summed E-state index contributed by atoms with van der Waals surface area (Å²) in [4.78, 5) is 11.2. The van der Waals surface area contributed by atoms with E-state index in [4.69, 9.17) is 4.74 Å². The van der Waals surface area contributed by atoms with Crippen LogP contribution in [-0.2, 0) is 11.4 Å². The number of carboxylic acids is 1. The number of rotatable bonds is 6. The Morgan fingerprint density at radius 3 is 2.55 bits per heavy atom. The predicted molar refractivity (Wildman–Crippen MR) is 120 cm³/mol. The van der Waals surface area contributed by atoms with Gasteiger partial charge in [0.05, 0.1) is 6.42 Å². The number of ether oxygens (including phenoxy) is 1. The molecule has 1 fully saturated rings. The average Bonchev–Trinajstić information content (AvgIpc) is 3.45. The number of phenols is 1. The molecule has 158 valence electrons. The van der Waals surface area contributed by atoms with E-state index in [0.29, 0.717) is 24.2 Å². The molecule has 1 saturated carbocycles. The van der Waals surface area contributed by atoms with Crippen molar-refractivity contribution >= 4 is 5.97 Å². The van der Waals surface area contributed by atoms with Crippen molar-refractivity contribution in [1.29, 1.82) is 0 Å². The Kier molecular flexibility index (Phi) is 4.73. The van der Waals surface area contributed by atoms with Gasteiger partial charge in [-0.3, -0.25) is 4.79 Å². The van der Waals surface area contributed by atoms with Gasteiger partial charge in [-0.1, -0.05) is 24.3 Å². The second-order valence-electron chi connectivity index (χ2n) is 8.94. The monoisotopic (exact) mass is 414 g/mol. The third-order valence-electron chi connectivity index (χ3n) is 6.75. The van der Waals surface area contributed by atoms with Gasteiger partial charge in [-0.25, -0.2) is 0 Å². The summed E-state index contributed by atoms with van der Waals surface area (Å²) in [6.45, 7) is 4.49. The maximum atomic E-state index is 11.2. The van der Waals surface area contributed by atoms with E-state index >= 15 is 0 Å². The molecule has 3 aromatic rings. The number of aliphatic carboxylic acids is 1. The topological polar surface area (TPSA) is 66.8 Å². The van der Waals surface area contributed by atoms with Crippen molar-refractivity contribution in [3.63, 3.8) is 0 Å². The first-order valence-electron chi connectivity index (χ1n) is 10.8. The molecule has 0 amide bonds. The number of aromatic hydroxyl groups is 1.